The molecule has 2 amide bonds. The molecule has 2 aromatic rings. The van der Waals surface area contributed by atoms with Crippen molar-refractivity contribution in [1.82, 2.24) is 0 Å². The Morgan fingerprint density at radius 3 is 2.08 bits per heavy atom. The van der Waals surface area contributed by atoms with E-state index in [1.165, 1.54) is 12.1 Å². The summed E-state index contributed by atoms with van der Waals surface area (Å²) in [4.78, 5) is 23.8. The summed E-state index contributed by atoms with van der Waals surface area (Å²) in [5, 5.41) is 5.58. The van der Waals surface area contributed by atoms with Crippen molar-refractivity contribution >= 4 is 23.2 Å². The van der Waals surface area contributed by atoms with Crippen molar-refractivity contribution in [3.8, 4) is 5.75 Å². The largest absolute Gasteiger partial charge is 0.435 e. The minimum atomic E-state index is -2.87. The number of carbonyl (C=O) groups is 2. The lowest BCUT2D eigenvalue weighted by molar-refractivity contribution is -0.117. The fraction of sp³-hybridized carbons (Fsp3) is 0.263. The number of amides is 2. The molecule has 0 aliphatic heterocycles. The van der Waals surface area contributed by atoms with Crippen LogP contribution in [-0.2, 0) is 16.0 Å². The summed E-state index contributed by atoms with van der Waals surface area (Å²) in [6.07, 6.45) is 1.99. The first-order valence-corrected chi connectivity index (χ1v) is 8.24. The zero-order valence-electron chi connectivity index (χ0n) is 13.9. The smallest absolute Gasteiger partial charge is 0.387 e. The summed E-state index contributed by atoms with van der Waals surface area (Å²) in [5.41, 5.74) is 1.98. The average molecular weight is 360 g/mol. The van der Waals surface area contributed by atoms with Crippen LogP contribution in [0, 0.1) is 5.92 Å². The highest BCUT2D eigenvalue weighted by Gasteiger charge is 2.29. The van der Waals surface area contributed by atoms with Gasteiger partial charge in [0.2, 0.25) is 11.8 Å². The maximum Gasteiger partial charge on any atom is 0.387 e. The maximum atomic E-state index is 12.1. The van der Waals surface area contributed by atoms with Gasteiger partial charge in [-0.05, 0) is 54.8 Å². The van der Waals surface area contributed by atoms with Gasteiger partial charge >= 0.3 is 6.61 Å². The lowest BCUT2D eigenvalue weighted by atomic mass is 10.1. The summed E-state index contributed by atoms with van der Waals surface area (Å²) in [6.45, 7) is -2.87. The quantitative estimate of drug-likeness (QED) is 0.789. The molecule has 1 aliphatic rings. The molecule has 0 atom stereocenters. The highest BCUT2D eigenvalue weighted by molar-refractivity contribution is 5.95. The normalized spacial score (nSPS) is 13.3. The third-order valence-electron chi connectivity index (χ3n) is 3.90. The highest BCUT2D eigenvalue weighted by Crippen LogP contribution is 2.30. The van der Waals surface area contributed by atoms with Crippen molar-refractivity contribution in [2.24, 2.45) is 5.92 Å². The number of halogens is 2. The monoisotopic (exact) mass is 360 g/mol. The second-order valence-electron chi connectivity index (χ2n) is 6.09. The van der Waals surface area contributed by atoms with E-state index >= 15 is 0 Å². The van der Waals surface area contributed by atoms with E-state index in [2.05, 4.69) is 15.4 Å². The Bertz CT molecular complexity index is 772. The van der Waals surface area contributed by atoms with E-state index in [9.17, 15) is 18.4 Å². The average Bonchev–Trinajstić information content (AvgIpc) is 3.43. The van der Waals surface area contributed by atoms with Crippen molar-refractivity contribution in [2.75, 3.05) is 10.6 Å². The molecule has 7 heteroatoms. The van der Waals surface area contributed by atoms with Gasteiger partial charge in [-0.15, -0.1) is 0 Å². The second-order valence-corrected chi connectivity index (χ2v) is 6.09. The third-order valence-corrected chi connectivity index (χ3v) is 3.90. The Balaban J connectivity index is 1.50. The highest BCUT2D eigenvalue weighted by atomic mass is 19.3. The first-order chi connectivity index (χ1) is 12.5. The first kappa shape index (κ1) is 17.8. The standard InChI is InChI=1S/C19H18F2N2O3/c20-19(21)26-16-9-1-12(2-10-16)11-17(24)22-14-5-7-15(8-6-14)23-18(25)13-3-4-13/h1-2,5-10,13,19H,3-4,11H2,(H,22,24)(H,23,25). The van der Waals surface area contributed by atoms with E-state index in [0.717, 1.165) is 12.8 Å². The van der Waals surface area contributed by atoms with Crippen LogP contribution in [0.5, 0.6) is 5.75 Å². The fourth-order valence-electron chi connectivity index (χ4n) is 2.41. The number of ether oxygens (including phenoxy) is 1. The molecule has 0 bridgehead atoms. The Morgan fingerprint density at radius 1 is 0.962 bits per heavy atom. The molecule has 3 rings (SSSR count). The van der Waals surface area contributed by atoms with Crippen LogP contribution in [0.15, 0.2) is 48.5 Å². The van der Waals surface area contributed by atoms with Gasteiger partial charge in [0, 0.05) is 17.3 Å². The number of nitrogens with one attached hydrogen (secondary N) is 2. The summed E-state index contributed by atoms with van der Waals surface area (Å²) < 4.78 is 28.5. The molecule has 0 heterocycles. The molecule has 1 aliphatic carbocycles. The molecule has 1 fully saturated rings. The van der Waals surface area contributed by atoms with Gasteiger partial charge in [-0.3, -0.25) is 9.59 Å². The molecule has 0 unspecified atom stereocenters. The number of hydrogen-bond donors (Lipinski definition) is 2. The SMILES string of the molecule is O=C(Cc1ccc(OC(F)F)cc1)Nc1ccc(NC(=O)C2CC2)cc1. The van der Waals surface area contributed by atoms with Crippen LogP contribution < -0.4 is 15.4 Å². The van der Waals surface area contributed by atoms with Crippen LogP contribution in [0.2, 0.25) is 0 Å². The Kier molecular flexibility index (Phi) is 5.46. The van der Waals surface area contributed by atoms with Gasteiger partial charge in [0.05, 0.1) is 6.42 Å². The summed E-state index contributed by atoms with van der Waals surface area (Å²) in [6, 6.07) is 12.8. The Labute approximate surface area is 149 Å². The number of rotatable bonds is 7. The number of carbonyl (C=O) groups excluding carboxylic acids is 2. The molecule has 2 N–H and O–H groups in total. The van der Waals surface area contributed by atoms with E-state index in [1.54, 1.807) is 36.4 Å². The van der Waals surface area contributed by atoms with Gasteiger partial charge in [-0.1, -0.05) is 12.1 Å². The zero-order chi connectivity index (χ0) is 18.5. The molecule has 26 heavy (non-hydrogen) atoms. The summed E-state index contributed by atoms with van der Waals surface area (Å²) >= 11 is 0. The Morgan fingerprint density at radius 2 is 1.54 bits per heavy atom. The zero-order valence-corrected chi connectivity index (χ0v) is 13.9. The lowest BCUT2D eigenvalue weighted by Gasteiger charge is -2.08. The van der Waals surface area contributed by atoms with Crippen LogP contribution in [-0.4, -0.2) is 18.4 Å². The minimum absolute atomic E-state index is 0.0288. The molecular formula is C19H18F2N2O3. The van der Waals surface area contributed by atoms with Gasteiger partial charge in [-0.25, -0.2) is 0 Å². The van der Waals surface area contributed by atoms with Gasteiger partial charge < -0.3 is 15.4 Å². The second kappa shape index (κ2) is 7.95. The van der Waals surface area contributed by atoms with Crippen LogP contribution in [0.3, 0.4) is 0 Å². The molecule has 0 aromatic heterocycles. The first-order valence-electron chi connectivity index (χ1n) is 8.24. The van der Waals surface area contributed by atoms with Crippen molar-refractivity contribution in [3.63, 3.8) is 0 Å². The molecule has 0 spiro atoms. The van der Waals surface area contributed by atoms with Crippen molar-refractivity contribution in [2.45, 2.75) is 25.9 Å². The maximum absolute atomic E-state index is 12.1. The van der Waals surface area contributed by atoms with Crippen molar-refractivity contribution in [3.05, 3.63) is 54.1 Å². The Hall–Kier alpha value is -2.96. The van der Waals surface area contributed by atoms with Gasteiger partial charge in [0.15, 0.2) is 0 Å². The number of benzene rings is 2. The van der Waals surface area contributed by atoms with E-state index < -0.39 is 6.61 Å². The number of anilines is 2. The predicted molar refractivity (Wildman–Crippen MR) is 93.2 cm³/mol. The van der Waals surface area contributed by atoms with Gasteiger partial charge in [0.1, 0.15) is 5.75 Å². The van der Waals surface area contributed by atoms with Crippen LogP contribution in [0.25, 0.3) is 0 Å². The van der Waals surface area contributed by atoms with E-state index in [0.29, 0.717) is 16.9 Å². The van der Waals surface area contributed by atoms with Gasteiger partial charge in [0.25, 0.3) is 0 Å². The van der Waals surface area contributed by atoms with Crippen molar-refractivity contribution in [1.29, 1.82) is 0 Å². The summed E-state index contributed by atoms with van der Waals surface area (Å²) in [7, 11) is 0. The van der Waals surface area contributed by atoms with E-state index in [4.69, 9.17) is 0 Å². The molecular weight excluding hydrogens is 342 g/mol. The molecule has 0 radical (unpaired) electrons. The lowest BCUT2D eigenvalue weighted by Crippen LogP contribution is -2.15. The molecule has 0 saturated heterocycles. The van der Waals surface area contributed by atoms with Crippen LogP contribution in [0.4, 0.5) is 20.2 Å². The predicted octanol–water partition coefficient (Wildman–Crippen LogP) is 3.82. The molecule has 136 valence electrons. The van der Waals surface area contributed by atoms with Crippen molar-refractivity contribution < 1.29 is 23.1 Å². The minimum Gasteiger partial charge on any atom is -0.435 e. The topological polar surface area (TPSA) is 67.4 Å². The van der Waals surface area contributed by atoms with E-state index in [-0.39, 0.29) is 29.9 Å². The van der Waals surface area contributed by atoms with Gasteiger partial charge in [-0.2, -0.15) is 8.78 Å². The van der Waals surface area contributed by atoms with Crippen LogP contribution in [0.1, 0.15) is 18.4 Å². The van der Waals surface area contributed by atoms with Crippen LogP contribution >= 0.6 is 0 Å². The molecule has 2 aromatic carbocycles. The fourth-order valence-corrected chi connectivity index (χ4v) is 2.41. The van der Waals surface area contributed by atoms with E-state index in [1.807, 2.05) is 0 Å². The number of alkyl halides is 2. The molecule has 1 saturated carbocycles. The molecule has 5 nitrogen and oxygen atoms in total. The summed E-state index contributed by atoms with van der Waals surface area (Å²) in [5.74, 6) is -0.0248. The number of hydrogen-bond acceptors (Lipinski definition) is 3. The third kappa shape index (κ3) is 5.27.